The van der Waals surface area contributed by atoms with Crippen LogP contribution in [0.25, 0.3) is 22.2 Å². The topological polar surface area (TPSA) is 103 Å². The normalized spacial score (nSPS) is 11.0. The molecule has 0 bridgehead atoms. The summed E-state index contributed by atoms with van der Waals surface area (Å²) in [6, 6.07) is 5.78. The number of benzene rings is 1. The summed E-state index contributed by atoms with van der Waals surface area (Å²) in [5.41, 5.74) is 2.52. The van der Waals surface area contributed by atoms with Crippen LogP contribution in [0.15, 0.2) is 24.4 Å². The summed E-state index contributed by atoms with van der Waals surface area (Å²) in [5, 5.41) is 21.3. The molecule has 21 heavy (non-hydrogen) atoms. The van der Waals surface area contributed by atoms with Crippen LogP contribution in [0, 0.1) is 0 Å². The third-order valence-electron chi connectivity index (χ3n) is 3.27. The van der Waals surface area contributed by atoms with Crippen LogP contribution in [0.3, 0.4) is 0 Å². The lowest BCUT2D eigenvalue weighted by Gasteiger charge is -2.14. The smallest absolute Gasteiger partial charge is 0.241 e. The number of aromatic amines is 2. The molecule has 8 nitrogen and oxygen atoms in total. The van der Waals surface area contributed by atoms with Gasteiger partial charge in [-0.25, -0.2) is 0 Å². The van der Waals surface area contributed by atoms with Gasteiger partial charge in [-0.15, -0.1) is 0 Å². The minimum absolute atomic E-state index is 0.0576. The van der Waals surface area contributed by atoms with E-state index in [1.54, 1.807) is 20.3 Å². The Balaban J connectivity index is 2.04. The molecule has 8 heteroatoms. The maximum absolute atomic E-state index is 12.0. The van der Waals surface area contributed by atoms with Gasteiger partial charge in [0.15, 0.2) is 5.82 Å². The molecule has 0 aliphatic heterocycles. The van der Waals surface area contributed by atoms with E-state index in [1.807, 2.05) is 18.2 Å². The van der Waals surface area contributed by atoms with Crippen molar-refractivity contribution in [2.45, 2.75) is 0 Å². The number of nitrogens with zero attached hydrogens (tertiary/aromatic N) is 4. The first kappa shape index (κ1) is 13.3. The van der Waals surface area contributed by atoms with Gasteiger partial charge in [0.25, 0.3) is 0 Å². The quantitative estimate of drug-likeness (QED) is 0.649. The number of hydrogen-bond acceptors (Lipinski definition) is 5. The maximum atomic E-state index is 12.0. The first-order valence-electron chi connectivity index (χ1n) is 6.46. The first-order chi connectivity index (χ1) is 10.2. The van der Waals surface area contributed by atoms with Gasteiger partial charge in [0.2, 0.25) is 5.91 Å². The second-order valence-corrected chi connectivity index (χ2v) is 4.65. The van der Waals surface area contributed by atoms with Crippen molar-refractivity contribution in [3.8, 4) is 11.3 Å². The zero-order valence-electron chi connectivity index (χ0n) is 11.7. The van der Waals surface area contributed by atoms with E-state index in [2.05, 4.69) is 30.9 Å². The number of nitrogens with one attached hydrogen (secondary N) is 3. The Labute approximate surface area is 120 Å². The van der Waals surface area contributed by atoms with Crippen LogP contribution in [0.1, 0.15) is 0 Å². The molecular formula is C13H15N7O. The maximum Gasteiger partial charge on any atom is 0.241 e. The Morgan fingerprint density at radius 1 is 1.38 bits per heavy atom. The summed E-state index contributed by atoms with van der Waals surface area (Å²) in [7, 11) is 3.44. The number of aromatic nitrogens is 5. The highest BCUT2D eigenvalue weighted by atomic mass is 16.2. The number of carbonyl (C=O) groups is 1. The van der Waals surface area contributed by atoms with Gasteiger partial charge in [0.05, 0.1) is 18.3 Å². The molecule has 1 amide bonds. The van der Waals surface area contributed by atoms with Crippen molar-refractivity contribution in [3.63, 3.8) is 0 Å². The monoisotopic (exact) mass is 285 g/mol. The highest BCUT2D eigenvalue weighted by Crippen LogP contribution is 2.27. The SMILES string of the molecule is CNCC(=O)N(C)c1n[nH]c2ccc(-c3cn[nH]n3)cc12. The fourth-order valence-electron chi connectivity index (χ4n) is 2.14. The average molecular weight is 285 g/mol. The molecule has 3 rings (SSSR count). The number of fused-ring (bicyclic) bond motifs is 1. The molecule has 0 saturated carbocycles. The summed E-state index contributed by atoms with van der Waals surface area (Å²) >= 11 is 0. The third kappa shape index (κ3) is 2.36. The molecule has 0 unspecified atom stereocenters. The molecule has 1 aromatic carbocycles. The molecule has 3 N–H and O–H groups in total. The third-order valence-corrected chi connectivity index (χ3v) is 3.27. The molecule has 0 aliphatic carbocycles. The lowest BCUT2D eigenvalue weighted by molar-refractivity contribution is -0.117. The van der Waals surface area contributed by atoms with Gasteiger partial charge in [-0.2, -0.15) is 20.5 Å². The standard InChI is InChI=1S/C13H15N7O/c1-14-7-12(21)20(2)13-9-5-8(11-6-15-19-17-11)3-4-10(9)16-18-13/h3-6,14H,7H2,1-2H3,(H,16,18)(H,15,17,19). The van der Waals surface area contributed by atoms with Gasteiger partial charge < -0.3 is 5.32 Å². The van der Waals surface area contributed by atoms with Gasteiger partial charge in [-0.3, -0.25) is 14.8 Å². The fraction of sp³-hybridized carbons (Fsp3) is 0.231. The molecule has 0 radical (unpaired) electrons. The summed E-state index contributed by atoms with van der Waals surface area (Å²) in [6.45, 7) is 0.258. The zero-order chi connectivity index (χ0) is 14.8. The number of carbonyl (C=O) groups excluding carboxylic acids is 1. The van der Waals surface area contributed by atoms with Crippen LogP contribution in [0.2, 0.25) is 0 Å². The van der Waals surface area contributed by atoms with Gasteiger partial charge >= 0.3 is 0 Å². The van der Waals surface area contributed by atoms with Gasteiger partial charge in [-0.05, 0) is 19.2 Å². The van der Waals surface area contributed by atoms with Crippen molar-refractivity contribution >= 4 is 22.6 Å². The Bertz CT molecular complexity index is 762. The molecule has 0 atom stereocenters. The van der Waals surface area contributed by atoms with E-state index in [9.17, 15) is 4.79 Å². The largest absolute Gasteiger partial charge is 0.311 e. The number of anilines is 1. The highest BCUT2D eigenvalue weighted by molar-refractivity contribution is 6.02. The number of rotatable bonds is 4. The van der Waals surface area contributed by atoms with Crippen LogP contribution >= 0.6 is 0 Å². The van der Waals surface area contributed by atoms with Crippen LogP contribution in [0.5, 0.6) is 0 Å². The van der Waals surface area contributed by atoms with Crippen LogP contribution < -0.4 is 10.2 Å². The molecule has 0 aliphatic rings. The molecular weight excluding hydrogens is 270 g/mol. The van der Waals surface area contributed by atoms with Gasteiger partial charge in [0.1, 0.15) is 5.69 Å². The van der Waals surface area contributed by atoms with E-state index in [4.69, 9.17) is 0 Å². The molecule has 0 fully saturated rings. The number of hydrogen-bond donors (Lipinski definition) is 3. The minimum Gasteiger partial charge on any atom is -0.311 e. The van der Waals surface area contributed by atoms with Crippen molar-refractivity contribution in [2.75, 3.05) is 25.5 Å². The highest BCUT2D eigenvalue weighted by Gasteiger charge is 2.16. The van der Waals surface area contributed by atoms with E-state index < -0.39 is 0 Å². The summed E-state index contributed by atoms with van der Waals surface area (Å²) in [4.78, 5) is 13.5. The Morgan fingerprint density at radius 2 is 2.24 bits per heavy atom. The van der Waals surface area contributed by atoms with E-state index in [1.165, 1.54) is 4.90 Å². The first-order valence-corrected chi connectivity index (χ1v) is 6.46. The Kier molecular flexibility index (Phi) is 3.36. The Hall–Kier alpha value is -2.74. The van der Waals surface area contributed by atoms with Crippen molar-refractivity contribution in [3.05, 3.63) is 24.4 Å². The summed E-state index contributed by atoms with van der Waals surface area (Å²) < 4.78 is 0. The second-order valence-electron chi connectivity index (χ2n) is 4.65. The van der Waals surface area contributed by atoms with Crippen molar-refractivity contribution in [2.24, 2.45) is 0 Å². The van der Waals surface area contributed by atoms with E-state index >= 15 is 0 Å². The van der Waals surface area contributed by atoms with Crippen molar-refractivity contribution in [1.29, 1.82) is 0 Å². The number of H-pyrrole nitrogens is 2. The van der Waals surface area contributed by atoms with Crippen LogP contribution in [-0.4, -0.2) is 52.2 Å². The lowest BCUT2D eigenvalue weighted by atomic mass is 10.1. The molecule has 0 saturated heterocycles. The average Bonchev–Trinajstić information content (AvgIpc) is 3.15. The number of likely N-dealkylation sites (N-methyl/N-ethyl adjacent to an activating group) is 2. The molecule has 3 aromatic rings. The molecule has 2 aromatic heterocycles. The van der Waals surface area contributed by atoms with E-state index in [0.29, 0.717) is 5.82 Å². The summed E-state index contributed by atoms with van der Waals surface area (Å²) in [5.74, 6) is 0.535. The van der Waals surface area contributed by atoms with Crippen molar-refractivity contribution < 1.29 is 4.79 Å². The van der Waals surface area contributed by atoms with Gasteiger partial charge in [-0.1, -0.05) is 6.07 Å². The lowest BCUT2D eigenvalue weighted by Crippen LogP contribution is -2.34. The summed E-state index contributed by atoms with van der Waals surface area (Å²) in [6.07, 6.45) is 1.65. The van der Waals surface area contributed by atoms with Crippen LogP contribution in [0.4, 0.5) is 5.82 Å². The predicted octanol–water partition coefficient (Wildman–Crippen LogP) is 0.530. The second kappa shape index (κ2) is 5.33. The van der Waals surface area contributed by atoms with E-state index in [0.717, 1.165) is 22.2 Å². The molecule has 108 valence electrons. The van der Waals surface area contributed by atoms with Gasteiger partial charge in [0, 0.05) is 18.0 Å². The molecule has 2 heterocycles. The van der Waals surface area contributed by atoms with Crippen LogP contribution in [-0.2, 0) is 4.79 Å². The van der Waals surface area contributed by atoms with E-state index in [-0.39, 0.29) is 12.5 Å². The fourth-order valence-corrected chi connectivity index (χ4v) is 2.14. The van der Waals surface area contributed by atoms with Crippen molar-refractivity contribution in [1.82, 2.24) is 30.9 Å². The number of amides is 1. The Morgan fingerprint density at radius 3 is 2.95 bits per heavy atom. The zero-order valence-corrected chi connectivity index (χ0v) is 11.7. The minimum atomic E-state index is -0.0576. The predicted molar refractivity (Wildman–Crippen MR) is 78.8 cm³/mol. The molecule has 0 spiro atoms.